The minimum atomic E-state index is 0.786. The molecule has 26 heavy (non-hydrogen) atoms. The van der Waals surface area contributed by atoms with Crippen molar-refractivity contribution in [3.8, 4) is 11.3 Å². The molecule has 0 spiro atoms. The van der Waals surface area contributed by atoms with Gasteiger partial charge in [-0.05, 0) is 24.9 Å². The number of hydrogen-bond donors (Lipinski definition) is 1. The zero-order chi connectivity index (χ0) is 18.0. The predicted molar refractivity (Wildman–Crippen MR) is 106 cm³/mol. The summed E-state index contributed by atoms with van der Waals surface area (Å²) in [5.74, 6) is 0. The van der Waals surface area contributed by atoms with Crippen molar-refractivity contribution in [2.75, 3.05) is 20.3 Å². The molecule has 0 fully saturated rings. The van der Waals surface area contributed by atoms with Crippen LogP contribution in [-0.2, 0) is 17.8 Å². The first-order chi connectivity index (χ1) is 12.9. The Morgan fingerprint density at radius 2 is 1.69 bits per heavy atom. The van der Waals surface area contributed by atoms with Gasteiger partial charge in [0.1, 0.15) is 0 Å². The van der Waals surface area contributed by atoms with Crippen molar-refractivity contribution in [2.24, 2.45) is 0 Å². The first kappa shape index (κ1) is 18.4. The van der Waals surface area contributed by atoms with Crippen molar-refractivity contribution in [1.29, 1.82) is 0 Å². The maximum atomic E-state index is 5.10. The Morgan fingerprint density at radius 3 is 2.42 bits per heavy atom. The highest BCUT2D eigenvalue weighted by Crippen LogP contribution is 2.22. The molecule has 0 radical (unpaired) electrons. The van der Waals surface area contributed by atoms with Crippen molar-refractivity contribution in [1.82, 2.24) is 15.1 Å². The van der Waals surface area contributed by atoms with Gasteiger partial charge in [0.25, 0.3) is 0 Å². The fourth-order valence-corrected chi connectivity index (χ4v) is 3.00. The molecule has 0 aliphatic heterocycles. The van der Waals surface area contributed by atoms with Crippen molar-refractivity contribution in [2.45, 2.75) is 25.9 Å². The van der Waals surface area contributed by atoms with E-state index in [-0.39, 0.29) is 0 Å². The number of methoxy groups -OCH3 is 1. The summed E-state index contributed by atoms with van der Waals surface area (Å²) >= 11 is 0. The number of hydrogen-bond acceptors (Lipinski definition) is 3. The first-order valence-corrected chi connectivity index (χ1v) is 9.22. The SMILES string of the molecule is COCCCCNCc1cn(Cc2ccccc2)nc1-c1ccccc1. The third-order valence-corrected chi connectivity index (χ3v) is 4.34. The lowest BCUT2D eigenvalue weighted by Gasteiger charge is -2.05. The van der Waals surface area contributed by atoms with Crippen LogP contribution in [0.25, 0.3) is 11.3 Å². The second-order valence-electron chi connectivity index (χ2n) is 6.43. The Balaban J connectivity index is 1.71. The van der Waals surface area contributed by atoms with E-state index in [0.29, 0.717) is 0 Å². The van der Waals surface area contributed by atoms with E-state index < -0.39 is 0 Å². The largest absolute Gasteiger partial charge is 0.385 e. The van der Waals surface area contributed by atoms with Crippen LogP contribution in [0.5, 0.6) is 0 Å². The van der Waals surface area contributed by atoms with Gasteiger partial charge in [-0.3, -0.25) is 4.68 Å². The quantitative estimate of drug-likeness (QED) is 0.560. The van der Waals surface area contributed by atoms with Crippen LogP contribution in [0.3, 0.4) is 0 Å². The van der Waals surface area contributed by atoms with Crippen LogP contribution in [-0.4, -0.2) is 30.0 Å². The Bertz CT molecular complexity index is 769. The van der Waals surface area contributed by atoms with Crippen LogP contribution in [0.1, 0.15) is 24.0 Å². The zero-order valence-electron chi connectivity index (χ0n) is 15.4. The van der Waals surface area contributed by atoms with Crippen molar-refractivity contribution >= 4 is 0 Å². The normalized spacial score (nSPS) is 11.0. The van der Waals surface area contributed by atoms with Gasteiger partial charge in [-0.2, -0.15) is 5.10 Å². The highest BCUT2D eigenvalue weighted by Gasteiger charge is 2.11. The van der Waals surface area contributed by atoms with E-state index in [1.54, 1.807) is 7.11 Å². The third-order valence-electron chi connectivity index (χ3n) is 4.34. The van der Waals surface area contributed by atoms with Crippen LogP contribution in [0, 0.1) is 0 Å². The highest BCUT2D eigenvalue weighted by molar-refractivity contribution is 5.62. The number of benzene rings is 2. The smallest absolute Gasteiger partial charge is 0.0968 e. The number of nitrogens with zero attached hydrogens (tertiary/aromatic N) is 2. The molecule has 0 atom stereocenters. The van der Waals surface area contributed by atoms with Crippen LogP contribution < -0.4 is 5.32 Å². The summed E-state index contributed by atoms with van der Waals surface area (Å²) in [6, 6.07) is 20.9. The number of nitrogens with one attached hydrogen (secondary N) is 1. The van der Waals surface area contributed by atoms with Gasteiger partial charge in [0.05, 0.1) is 12.2 Å². The average molecular weight is 349 g/mol. The molecule has 0 aliphatic rings. The Hall–Kier alpha value is -2.43. The molecule has 4 heteroatoms. The molecule has 0 aliphatic carbocycles. The van der Waals surface area contributed by atoms with Gasteiger partial charge in [-0.15, -0.1) is 0 Å². The van der Waals surface area contributed by atoms with Gasteiger partial charge in [0.15, 0.2) is 0 Å². The van der Waals surface area contributed by atoms with Crippen molar-refractivity contribution in [3.63, 3.8) is 0 Å². The first-order valence-electron chi connectivity index (χ1n) is 9.22. The summed E-state index contributed by atoms with van der Waals surface area (Å²) < 4.78 is 7.14. The lowest BCUT2D eigenvalue weighted by atomic mass is 10.1. The van der Waals surface area contributed by atoms with Crippen LogP contribution >= 0.6 is 0 Å². The van der Waals surface area contributed by atoms with Gasteiger partial charge < -0.3 is 10.1 Å². The van der Waals surface area contributed by atoms with E-state index in [9.17, 15) is 0 Å². The molecular formula is C22H27N3O. The van der Waals surface area contributed by atoms with E-state index in [4.69, 9.17) is 9.84 Å². The summed E-state index contributed by atoms with van der Waals surface area (Å²) in [6.07, 6.45) is 4.37. The monoisotopic (exact) mass is 349 g/mol. The van der Waals surface area contributed by atoms with Crippen LogP contribution in [0.4, 0.5) is 0 Å². The standard InChI is InChI=1S/C22H27N3O/c1-26-15-9-8-14-23-16-21-18-25(17-19-10-4-2-5-11-19)24-22(21)20-12-6-3-7-13-20/h2-7,10-13,18,23H,8-9,14-17H2,1H3. The average Bonchev–Trinajstić information content (AvgIpc) is 3.08. The molecule has 3 rings (SSSR count). The second kappa shape index (κ2) is 9.90. The lowest BCUT2D eigenvalue weighted by Crippen LogP contribution is -2.15. The molecule has 4 nitrogen and oxygen atoms in total. The van der Waals surface area contributed by atoms with E-state index in [1.165, 1.54) is 11.1 Å². The second-order valence-corrected chi connectivity index (χ2v) is 6.43. The minimum Gasteiger partial charge on any atom is -0.385 e. The van der Waals surface area contributed by atoms with Gasteiger partial charge in [-0.25, -0.2) is 0 Å². The van der Waals surface area contributed by atoms with Crippen LogP contribution in [0.15, 0.2) is 66.9 Å². The molecule has 1 heterocycles. The lowest BCUT2D eigenvalue weighted by molar-refractivity contribution is 0.192. The molecule has 3 aromatic rings. The van der Waals surface area contributed by atoms with E-state index in [2.05, 4.69) is 60.0 Å². The van der Waals surface area contributed by atoms with Gasteiger partial charge in [0, 0.05) is 37.6 Å². The van der Waals surface area contributed by atoms with Gasteiger partial charge in [0.2, 0.25) is 0 Å². The fourth-order valence-electron chi connectivity index (χ4n) is 3.00. The Labute approximate surface area is 155 Å². The summed E-state index contributed by atoms with van der Waals surface area (Å²) in [4.78, 5) is 0. The molecule has 0 saturated carbocycles. The van der Waals surface area contributed by atoms with Crippen molar-refractivity contribution in [3.05, 3.63) is 78.0 Å². The van der Waals surface area contributed by atoms with E-state index in [1.807, 2.05) is 16.8 Å². The van der Waals surface area contributed by atoms with E-state index >= 15 is 0 Å². The number of unbranched alkanes of at least 4 members (excludes halogenated alkanes) is 1. The van der Waals surface area contributed by atoms with Crippen molar-refractivity contribution < 1.29 is 4.74 Å². The summed E-state index contributed by atoms with van der Waals surface area (Å²) in [5, 5.41) is 8.40. The molecule has 0 unspecified atom stereocenters. The molecule has 0 saturated heterocycles. The minimum absolute atomic E-state index is 0.786. The predicted octanol–water partition coefficient (Wildman–Crippen LogP) is 4.11. The number of aromatic nitrogens is 2. The topological polar surface area (TPSA) is 39.1 Å². The maximum Gasteiger partial charge on any atom is 0.0968 e. The third kappa shape index (κ3) is 5.28. The van der Waals surface area contributed by atoms with Gasteiger partial charge in [-0.1, -0.05) is 60.7 Å². The zero-order valence-corrected chi connectivity index (χ0v) is 15.4. The summed E-state index contributed by atoms with van der Waals surface area (Å²) in [5.41, 5.74) is 4.72. The number of rotatable bonds is 10. The molecule has 136 valence electrons. The Morgan fingerprint density at radius 1 is 0.962 bits per heavy atom. The maximum absolute atomic E-state index is 5.10. The highest BCUT2D eigenvalue weighted by atomic mass is 16.5. The molecule has 1 N–H and O–H groups in total. The molecule has 1 aromatic heterocycles. The van der Waals surface area contributed by atoms with Gasteiger partial charge >= 0.3 is 0 Å². The Kier molecular flexibility index (Phi) is 6.99. The van der Waals surface area contributed by atoms with E-state index in [0.717, 1.165) is 50.3 Å². The summed E-state index contributed by atoms with van der Waals surface area (Å²) in [6.45, 7) is 3.42. The molecule has 0 bridgehead atoms. The molecule has 0 amide bonds. The molecule has 2 aromatic carbocycles. The van der Waals surface area contributed by atoms with Crippen LogP contribution in [0.2, 0.25) is 0 Å². The fraction of sp³-hybridized carbons (Fsp3) is 0.318. The summed E-state index contributed by atoms with van der Waals surface area (Å²) in [7, 11) is 1.75. The molecular weight excluding hydrogens is 322 g/mol. The number of ether oxygens (including phenoxy) is 1.